The number of rotatable bonds is 3. The van der Waals surface area contributed by atoms with Crippen LogP contribution in [-0.2, 0) is 17.7 Å². The Morgan fingerprint density at radius 3 is 2.82 bits per heavy atom. The first-order chi connectivity index (χ1) is 13.3. The molecule has 2 aliphatic heterocycles. The van der Waals surface area contributed by atoms with Crippen molar-refractivity contribution in [2.75, 3.05) is 38.2 Å². The molecule has 0 spiro atoms. The van der Waals surface area contributed by atoms with Crippen molar-refractivity contribution in [2.45, 2.75) is 51.8 Å². The van der Waals surface area contributed by atoms with Gasteiger partial charge >= 0.3 is 12.1 Å². The summed E-state index contributed by atoms with van der Waals surface area (Å²) in [6.07, 6.45) is 0.699. The van der Waals surface area contributed by atoms with Gasteiger partial charge in [0.15, 0.2) is 0 Å². The van der Waals surface area contributed by atoms with Crippen LogP contribution in [0, 0.1) is 11.3 Å². The number of hydrogen-bond acceptors (Lipinski definition) is 8. The molecule has 1 aromatic heterocycles. The third-order valence-electron chi connectivity index (χ3n) is 4.81. The van der Waals surface area contributed by atoms with E-state index in [1.54, 1.807) is 12.0 Å². The Morgan fingerprint density at radius 2 is 2.14 bits per heavy atom. The maximum Gasteiger partial charge on any atom is 0.410 e. The normalized spacial score (nSPS) is 19.6. The molecule has 1 saturated heterocycles. The molecule has 0 aliphatic carbocycles. The number of methoxy groups -OCH3 is 1. The van der Waals surface area contributed by atoms with Crippen LogP contribution >= 0.6 is 0 Å². The molecule has 2 aliphatic rings. The van der Waals surface area contributed by atoms with Crippen molar-refractivity contribution < 1.29 is 14.3 Å². The van der Waals surface area contributed by atoms with Crippen molar-refractivity contribution in [1.82, 2.24) is 20.2 Å². The zero-order valence-electron chi connectivity index (χ0n) is 17.0. The number of ether oxygens (including phenoxy) is 2. The van der Waals surface area contributed by atoms with Gasteiger partial charge in [0.1, 0.15) is 11.4 Å². The SMILES string of the molecule is COc1nc2c(c(N3CCN(C(=O)OC(C)(C)C)C(CC#N)C3)n1)CCNC2. The van der Waals surface area contributed by atoms with Gasteiger partial charge in [0.25, 0.3) is 0 Å². The largest absolute Gasteiger partial charge is 0.467 e. The van der Waals surface area contributed by atoms with Gasteiger partial charge in [-0.05, 0) is 33.7 Å². The minimum atomic E-state index is -0.572. The van der Waals surface area contributed by atoms with E-state index in [2.05, 4.69) is 26.3 Å². The van der Waals surface area contributed by atoms with Crippen LogP contribution in [-0.4, -0.2) is 65.9 Å². The monoisotopic (exact) mass is 388 g/mol. The molecule has 1 N–H and O–H groups in total. The van der Waals surface area contributed by atoms with E-state index in [0.29, 0.717) is 32.2 Å². The molecule has 9 nitrogen and oxygen atoms in total. The summed E-state index contributed by atoms with van der Waals surface area (Å²) < 4.78 is 10.8. The Labute approximate surface area is 165 Å². The van der Waals surface area contributed by atoms with E-state index in [1.807, 2.05) is 20.8 Å². The first-order valence-electron chi connectivity index (χ1n) is 9.58. The highest BCUT2D eigenvalue weighted by atomic mass is 16.6. The Bertz CT molecular complexity index is 770. The van der Waals surface area contributed by atoms with E-state index in [4.69, 9.17) is 9.47 Å². The van der Waals surface area contributed by atoms with Crippen molar-refractivity contribution in [3.63, 3.8) is 0 Å². The van der Waals surface area contributed by atoms with Crippen molar-refractivity contribution >= 4 is 11.9 Å². The summed E-state index contributed by atoms with van der Waals surface area (Å²) in [4.78, 5) is 25.5. The Kier molecular flexibility index (Phi) is 5.89. The van der Waals surface area contributed by atoms with Gasteiger partial charge in [-0.1, -0.05) is 0 Å². The number of nitrogens with zero attached hydrogens (tertiary/aromatic N) is 5. The third-order valence-corrected chi connectivity index (χ3v) is 4.81. The lowest BCUT2D eigenvalue weighted by molar-refractivity contribution is 0.0144. The molecule has 0 radical (unpaired) electrons. The first kappa shape index (κ1) is 20.1. The molecule has 9 heteroatoms. The lowest BCUT2D eigenvalue weighted by Crippen LogP contribution is -2.56. The fourth-order valence-electron chi connectivity index (χ4n) is 3.56. The van der Waals surface area contributed by atoms with Gasteiger partial charge < -0.3 is 24.6 Å². The smallest absolute Gasteiger partial charge is 0.410 e. The fraction of sp³-hybridized carbons (Fsp3) is 0.684. The molecule has 28 heavy (non-hydrogen) atoms. The van der Waals surface area contributed by atoms with E-state index >= 15 is 0 Å². The van der Waals surface area contributed by atoms with Gasteiger partial charge in [0.2, 0.25) is 0 Å². The minimum absolute atomic E-state index is 0.238. The summed E-state index contributed by atoms with van der Waals surface area (Å²) in [5, 5.41) is 12.6. The van der Waals surface area contributed by atoms with Gasteiger partial charge in [-0.25, -0.2) is 4.79 Å². The van der Waals surface area contributed by atoms with E-state index in [1.165, 1.54) is 0 Å². The summed E-state index contributed by atoms with van der Waals surface area (Å²) in [6, 6.07) is 2.28. The lowest BCUT2D eigenvalue weighted by atomic mass is 10.0. The maximum absolute atomic E-state index is 12.6. The quantitative estimate of drug-likeness (QED) is 0.830. The van der Waals surface area contributed by atoms with Crippen LogP contribution in [0.25, 0.3) is 0 Å². The molecule has 0 bridgehead atoms. The number of aromatic nitrogens is 2. The molecule has 3 rings (SSSR count). The third kappa shape index (κ3) is 4.44. The lowest BCUT2D eigenvalue weighted by Gasteiger charge is -2.42. The summed E-state index contributed by atoms with van der Waals surface area (Å²) in [5.41, 5.74) is 1.48. The standard InChI is InChI=1S/C19H28N6O3/c1-19(2,3)28-18(26)25-10-9-24(12-13(25)5-7-20)16-14-6-8-21-11-15(14)22-17(23-16)27-4/h13,21H,5-6,8-12H2,1-4H3. The van der Waals surface area contributed by atoms with Gasteiger partial charge in [0, 0.05) is 31.7 Å². The van der Waals surface area contributed by atoms with Gasteiger partial charge in [0.05, 0.1) is 31.3 Å². The Balaban J connectivity index is 1.84. The van der Waals surface area contributed by atoms with E-state index < -0.39 is 5.60 Å². The second kappa shape index (κ2) is 8.19. The summed E-state index contributed by atoms with van der Waals surface area (Å²) in [6.45, 7) is 8.68. The topological polar surface area (TPSA) is 104 Å². The van der Waals surface area contributed by atoms with Crippen molar-refractivity contribution in [3.05, 3.63) is 11.3 Å². The van der Waals surface area contributed by atoms with Gasteiger partial charge in [-0.15, -0.1) is 0 Å². The summed E-state index contributed by atoms with van der Waals surface area (Å²) >= 11 is 0. The number of carbonyl (C=O) groups is 1. The van der Waals surface area contributed by atoms with Gasteiger partial charge in [-0.3, -0.25) is 0 Å². The van der Waals surface area contributed by atoms with Crippen LogP contribution in [0.15, 0.2) is 0 Å². The average molecular weight is 388 g/mol. The highest BCUT2D eigenvalue weighted by Crippen LogP contribution is 2.29. The van der Waals surface area contributed by atoms with Crippen molar-refractivity contribution in [1.29, 1.82) is 5.26 Å². The summed E-state index contributed by atoms with van der Waals surface area (Å²) in [7, 11) is 1.56. The molecule has 0 saturated carbocycles. The second-order valence-electron chi connectivity index (χ2n) is 8.02. The van der Waals surface area contributed by atoms with Gasteiger partial charge in [-0.2, -0.15) is 15.2 Å². The van der Waals surface area contributed by atoms with Crippen LogP contribution in [0.1, 0.15) is 38.4 Å². The van der Waals surface area contributed by atoms with Crippen LogP contribution in [0.4, 0.5) is 10.6 Å². The predicted octanol–water partition coefficient (Wildman–Crippen LogP) is 1.47. The number of carbonyl (C=O) groups excluding carboxylic acids is 1. The fourth-order valence-corrected chi connectivity index (χ4v) is 3.56. The molecular weight excluding hydrogens is 360 g/mol. The molecular formula is C19H28N6O3. The van der Waals surface area contributed by atoms with E-state index in [-0.39, 0.29) is 18.6 Å². The highest BCUT2D eigenvalue weighted by molar-refractivity contribution is 5.69. The molecule has 0 aromatic carbocycles. The summed E-state index contributed by atoms with van der Waals surface area (Å²) in [5.74, 6) is 0.843. The van der Waals surface area contributed by atoms with E-state index in [9.17, 15) is 10.1 Å². The average Bonchev–Trinajstić information content (AvgIpc) is 2.66. The number of fused-ring (bicyclic) bond motifs is 1. The number of piperazine rings is 1. The van der Waals surface area contributed by atoms with Crippen LogP contribution in [0.5, 0.6) is 6.01 Å². The van der Waals surface area contributed by atoms with Crippen LogP contribution < -0.4 is 15.0 Å². The number of nitrogens with one attached hydrogen (secondary N) is 1. The van der Waals surface area contributed by atoms with Crippen molar-refractivity contribution in [3.8, 4) is 12.1 Å². The number of anilines is 1. The van der Waals surface area contributed by atoms with Crippen LogP contribution in [0.2, 0.25) is 0 Å². The Hall–Kier alpha value is -2.60. The molecule has 1 unspecified atom stereocenters. The first-order valence-corrected chi connectivity index (χ1v) is 9.58. The molecule has 1 amide bonds. The van der Waals surface area contributed by atoms with Crippen LogP contribution in [0.3, 0.4) is 0 Å². The molecule has 3 heterocycles. The zero-order chi connectivity index (χ0) is 20.3. The second-order valence-corrected chi connectivity index (χ2v) is 8.02. The van der Waals surface area contributed by atoms with Crippen molar-refractivity contribution in [2.24, 2.45) is 0 Å². The molecule has 152 valence electrons. The predicted molar refractivity (Wildman–Crippen MR) is 103 cm³/mol. The zero-order valence-corrected chi connectivity index (χ0v) is 17.0. The maximum atomic E-state index is 12.6. The van der Waals surface area contributed by atoms with E-state index in [0.717, 1.165) is 30.0 Å². The molecule has 1 atom stereocenters. The molecule has 1 fully saturated rings. The number of amides is 1. The highest BCUT2D eigenvalue weighted by Gasteiger charge is 2.35. The Morgan fingerprint density at radius 1 is 1.36 bits per heavy atom. The molecule has 1 aromatic rings. The minimum Gasteiger partial charge on any atom is -0.467 e. The number of nitriles is 1. The number of hydrogen-bond donors (Lipinski definition) is 1.